The Hall–Kier alpha value is -2.76. The Balaban J connectivity index is 1.76. The summed E-state index contributed by atoms with van der Waals surface area (Å²) in [5.41, 5.74) is 3.73. The molecule has 1 N–H and O–H groups in total. The maximum atomic E-state index is 13.0. The summed E-state index contributed by atoms with van der Waals surface area (Å²) in [6, 6.07) is 17.5. The van der Waals surface area contributed by atoms with Gasteiger partial charge in [0.25, 0.3) is 5.56 Å². The smallest absolute Gasteiger partial charge is 0.262 e. The van der Waals surface area contributed by atoms with E-state index in [2.05, 4.69) is 4.98 Å². The van der Waals surface area contributed by atoms with E-state index in [1.54, 1.807) is 0 Å². The van der Waals surface area contributed by atoms with Crippen LogP contribution in [0.2, 0.25) is 0 Å². The molecule has 0 saturated carbocycles. The molecule has 1 unspecified atom stereocenters. The molecule has 0 bridgehead atoms. The van der Waals surface area contributed by atoms with Gasteiger partial charge in [0.15, 0.2) is 0 Å². The highest BCUT2D eigenvalue weighted by Crippen LogP contribution is 2.30. The van der Waals surface area contributed by atoms with Crippen molar-refractivity contribution in [1.29, 1.82) is 0 Å². The predicted molar refractivity (Wildman–Crippen MR) is 105 cm³/mol. The van der Waals surface area contributed by atoms with Gasteiger partial charge in [-0.25, -0.2) is 4.98 Å². The van der Waals surface area contributed by atoms with Crippen molar-refractivity contribution in [3.8, 4) is 11.1 Å². The average Bonchev–Trinajstić information content (AvgIpc) is 3.10. The molecule has 2 aromatic heterocycles. The van der Waals surface area contributed by atoms with Gasteiger partial charge in [0.05, 0.1) is 24.4 Å². The fourth-order valence-electron chi connectivity index (χ4n) is 3.01. The van der Waals surface area contributed by atoms with Crippen molar-refractivity contribution in [2.75, 3.05) is 0 Å². The largest absolute Gasteiger partial charge is 0.387 e. The molecule has 4 rings (SSSR count). The van der Waals surface area contributed by atoms with Gasteiger partial charge in [-0.05, 0) is 18.1 Å². The van der Waals surface area contributed by atoms with Crippen molar-refractivity contribution >= 4 is 21.6 Å². The molecule has 2 heterocycles. The predicted octanol–water partition coefficient (Wildman–Crippen LogP) is 4.17. The molecule has 0 spiro atoms. The molecule has 0 radical (unpaired) electrons. The van der Waals surface area contributed by atoms with Gasteiger partial charge in [-0.2, -0.15) is 0 Å². The molecule has 0 aliphatic rings. The maximum Gasteiger partial charge on any atom is 0.262 e. The van der Waals surface area contributed by atoms with Crippen LogP contribution in [-0.4, -0.2) is 14.7 Å². The van der Waals surface area contributed by atoms with Crippen molar-refractivity contribution in [3.05, 3.63) is 87.8 Å². The molecule has 4 aromatic rings. The SMILES string of the molecule is Cc1ccc(-c2csc3ncn(CC(O)c4ccccc4)c(=O)c23)cc1. The lowest BCUT2D eigenvalue weighted by atomic mass is 10.0. The highest BCUT2D eigenvalue weighted by Gasteiger charge is 2.15. The van der Waals surface area contributed by atoms with E-state index in [0.29, 0.717) is 5.39 Å². The maximum absolute atomic E-state index is 13.0. The van der Waals surface area contributed by atoms with E-state index in [1.807, 2.05) is 66.9 Å². The highest BCUT2D eigenvalue weighted by molar-refractivity contribution is 7.17. The fourth-order valence-corrected chi connectivity index (χ4v) is 3.92. The first-order chi connectivity index (χ1) is 12.6. The quantitative estimate of drug-likeness (QED) is 0.593. The van der Waals surface area contributed by atoms with Crippen molar-refractivity contribution in [2.24, 2.45) is 0 Å². The second kappa shape index (κ2) is 6.86. The van der Waals surface area contributed by atoms with E-state index in [-0.39, 0.29) is 12.1 Å². The fraction of sp³-hybridized carbons (Fsp3) is 0.143. The summed E-state index contributed by atoms with van der Waals surface area (Å²) in [5.74, 6) is 0. The minimum atomic E-state index is -0.755. The number of thiophene rings is 1. The number of nitrogens with zero attached hydrogens (tertiary/aromatic N) is 2. The van der Waals surface area contributed by atoms with E-state index in [9.17, 15) is 9.90 Å². The molecule has 2 aromatic carbocycles. The number of fused-ring (bicyclic) bond motifs is 1. The second-order valence-electron chi connectivity index (χ2n) is 6.32. The summed E-state index contributed by atoms with van der Waals surface area (Å²) >= 11 is 1.46. The first-order valence-electron chi connectivity index (χ1n) is 8.40. The van der Waals surface area contributed by atoms with Gasteiger partial charge in [-0.3, -0.25) is 9.36 Å². The third kappa shape index (κ3) is 3.07. The summed E-state index contributed by atoms with van der Waals surface area (Å²) in [6.07, 6.45) is 0.765. The Bertz CT molecular complexity index is 1100. The molecular weight excluding hydrogens is 344 g/mol. The van der Waals surface area contributed by atoms with Crippen LogP contribution in [0.15, 0.2) is 71.1 Å². The molecule has 5 heteroatoms. The van der Waals surface area contributed by atoms with Crippen LogP contribution in [0.3, 0.4) is 0 Å². The molecule has 0 fully saturated rings. The van der Waals surface area contributed by atoms with E-state index < -0.39 is 6.10 Å². The van der Waals surface area contributed by atoms with Crippen LogP contribution in [0.5, 0.6) is 0 Å². The van der Waals surface area contributed by atoms with Crippen LogP contribution < -0.4 is 5.56 Å². The van der Waals surface area contributed by atoms with Gasteiger partial charge in [0.2, 0.25) is 0 Å². The van der Waals surface area contributed by atoms with Gasteiger partial charge < -0.3 is 5.11 Å². The van der Waals surface area contributed by atoms with Gasteiger partial charge in [0.1, 0.15) is 4.83 Å². The number of aromatic nitrogens is 2. The van der Waals surface area contributed by atoms with Crippen LogP contribution in [0, 0.1) is 6.92 Å². The Kier molecular flexibility index (Phi) is 4.41. The second-order valence-corrected chi connectivity index (χ2v) is 7.18. The molecule has 1 atom stereocenters. The molecule has 0 aliphatic heterocycles. The summed E-state index contributed by atoms with van der Waals surface area (Å²) in [4.78, 5) is 18.2. The standard InChI is InChI=1S/C21H18N2O2S/c1-14-7-9-15(10-8-14)17-12-26-20-19(17)21(25)23(13-22-20)11-18(24)16-5-3-2-4-6-16/h2-10,12-13,18,24H,11H2,1H3. The number of aryl methyl sites for hydroxylation is 1. The molecule has 0 saturated heterocycles. The monoisotopic (exact) mass is 362 g/mol. The van der Waals surface area contributed by atoms with Crippen LogP contribution >= 0.6 is 11.3 Å². The van der Waals surface area contributed by atoms with E-state index in [1.165, 1.54) is 27.8 Å². The Morgan fingerprint density at radius 2 is 1.85 bits per heavy atom. The van der Waals surface area contributed by atoms with E-state index >= 15 is 0 Å². The van der Waals surface area contributed by atoms with Crippen LogP contribution in [0.1, 0.15) is 17.2 Å². The van der Waals surface area contributed by atoms with E-state index in [4.69, 9.17) is 0 Å². The van der Waals surface area contributed by atoms with Crippen LogP contribution in [0.25, 0.3) is 21.3 Å². The van der Waals surface area contributed by atoms with Crippen molar-refractivity contribution < 1.29 is 5.11 Å². The van der Waals surface area contributed by atoms with Crippen LogP contribution in [0.4, 0.5) is 0 Å². The number of benzene rings is 2. The summed E-state index contributed by atoms with van der Waals surface area (Å²) in [7, 11) is 0. The Morgan fingerprint density at radius 3 is 2.58 bits per heavy atom. The normalized spacial score (nSPS) is 12.4. The molecule has 130 valence electrons. The first kappa shape index (κ1) is 16.7. The van der Waals surface area contributed by atoms with Crippen molar-refractivity contribution in [3.63, 3.8) is 0 Å². The lowest BCUT2D eigenvalue weighted by Crippen LogP contribution is -2.23. The zero-order valence-corrected chi connectivity index (χ0v) is 15.1. The minimum Gasteiger partial charge on any atom is -0.387 e. The molecule has 26 heavy (non-hydrogen) atoms. The summed E-state index contributed by atoms with van der Waals surface area (Å²) in [5, 5.41) is 13.0. The summed E-state index contributed by atoms with van der Waals surface area (Å²) < 4.78 is 1.49. The van der Waals surface area contributed by atoms with Crippen molar-refractivity contribution in [2.45, 2.75) is 19.6 Å². The third-order valence-corrected chi connectivity index (χ3v) is 5.36. The first-order valence-corrected chi connectivity index (χ1v) is 9.28. The van der Waals surface area contributed by atoms with E-state index in [0.717, 1.165) is 21.5 Å². The number of hydrogen-bond acceptors (Lipinski definition) is 4. The zero-order chi connectivity index (χ0) is 18.1. The third-order valence-electron chi connectivity index (χ3n) is 4.48. The summed E-state index contributed by atoms with van der Waals surface area (Å²) in [6.45, 7) is 2.21. The lowest BCUT2D eigenvalue weighted by Gasteiger charge is -2.13. The lowest BCUT2D eigenvalue weighted by molar-refractivity contribution is 0.155. The molecule has 0 aliphatic carbocycles. The van der Waals surface area contributed by atoms with Crippen LogP contribution in [-0.2, 0) is 6.54 Å². The molecular formula is C21H18N2O2S. The number of hydrogen-bond donors (Lipinski definition) is 1. The number of rotatable bonds is 4. The zero-order valence-electron chi connectivity index (χ0n) is 14.3. The molecule has 0 amide bonds. The number of aliphatic hydroxyl groups excluding tert-OH is 1. The Morgan fingerprint density at radius 1 is 1.12 bits per heavy atom. The van der Waals surface area contributed by atoms with Crippen molar-refractivity contribution in [1.82, 2.24) is 9.55 Å². The average molecular weight is 362 g/mol. The Labute approximate surface area is 155 Å². The van der Waals surface area contributed by atoms with Gasteiger partial charge >= 0.3 is 0 Å². The number of aliphatic hydroxyl groups is 1. The van der Waals surface area contributed by atoms with Gasteiger partial charge in [-0.1, -0.05) is 60.2 Å². The molecule has 4 nitrogen and oxygen atoms in total. The van der Waals surface area contributed by atoms with Gasteiger partial charge in [-0.15, -0.1) is 11.3 Å². The minimum absolute atomic E-state index is 0.123. The van der Waals surface area contributed by atoms with Gasteiger partial charge in [0, 0.05) is 10.9 Å². The highest BCUT2D eigenvalue weighted by atomic mass is 32.1. The topological polar surface area (TPSA) is 55.1 Å².